The van der Waals surface area contributed by atoms with E-state index in [0.29, 0.717) is 0 Å². The first-order chi connectivity index (χ1) is 16.4. The molecule has 0 saturated carbocycles. The van der Waals surface area contributed by atoms with Crippen molar-refractivity contribution in [1.82, 2.24) is 8.68 Å². The van der Waals surface area contributed by atoms with Gasteiger partial charge in [0.05, 0.1) is 22.1 Å². The lowest BCUT2D eigenvalue weighted by Crippen LogP contribution is -2.13. The zero-order valence-electron chi connectivity index (χ0n) is 18.0. The molecule has 0 atom stereocenters. The number of nitrogens with zero attached hydrogens (tertiary/aromatic N) is 2. The number of aromatic nitrogens is 2. The largest absolute Gasteiger partial charge is 0.297 e. The standard InChI is InChI=1S/C30H21N2P/c1-2-12-22(13-3-1)33(31-27-18-8-4-14-23(27)24-15-5-9-19-28(24)31)32-29-20-10-6-16-25(29)26-17-7-11-21-30(26)32/h1-21H. The molecule has 5 aromatic carbocycles. The van der Waals surface area contributed by atoms with Crippen LogP contribution in [0.1, 0.15) is 0 Å². The van der Waals surface area contributed by atoms with Crippen molar-refractivity contribution in [2.24, 2.45) is 0 Å². The maximum atomic E-state index is 2.58. The van der Waals surface area contributed by atoms with Crippen LogP contribution in [0.15, 0.2) is 127 Å². The Balaban J connectivity index is 1.70. The molecular formula is C30H21N2P. The molecule has 0 amide bonds. The summed E-state index contributed by atoms with van der Waals surface area (Å²) in [5, 5.41) is 6.54. The van der Waals surface area contributed by atoms with Crippen molar-refractivity contribution in [3.05, 3.63) is 127 Å². The summed E-state index contributed by atoms with van der Waals surface area (Å²) in [5.41, 5.74) is 5.09. The maximum absolute atomic E-state index is 2.58. The predicted octanol–water partition coefficient (Wildman–Crippen LogP) is 7.94. The molecule has 0 aliphatic carbocycles. The topological polar surface area (TPSA) is 9.86 Å². The molecule has 2 nitrogen and oxygen atoms in total. The molecule has 0 radical (unpaired) electrons. The summed E-state index contributed by atoms with van der Waals surface area (Å²) in [6.45, 7) is 0. The van der Waals surface area contributed by atoms with Gasteiger partial charge in [-0.2, -0.15) is 0 Å². The first kappa shape index (κ1) is 18.7. The van der Waals surface area contributed by atoms with E-state index in [0.717, 1.165) is 0 Å². The number of benzene rings is 5. The van der Waals surface area contributed by atoms with Gasteiger partial charge in [-0.25, -0.2) is 0 Å². The van der Waals surface area contributed by atoms with E-state index in [4.69, 9.17) is 0 Å². The lowest BCUT2D eigenvalue weighted by atomic mass is 10.2. The third-order valence-corrected chi connectivity index (χ3v) is 8.85. The fraction of sp³-hybridized carbons (Fsp3) is 0. The molecule has 33 heavy (non-hydrogen) atoms. The van der Waals surface area contributed by atoms with Crippen molar-refractivity contribution < 1.29 is 0 Å². The third-order valence-electron chi connectivity index (χ3n) is 6.48. The van der Waals surface area contributed by atoms with Crippen LogP contribution < -0.4 is 5.30 Å². The molecule has 0 spiro atoms. The van der Waals surface area contributed by atoms with Gasteiger partial charge in [0.2, 0.25) is 0 Å². The first-order valence-corrected chi connectivity index (χ1v) is 12.5. The number of rotatable bonds is 3. The Hall–Kier alpha value is -3.87. The van der Waals surface area contributed by atoms with Crippen LogP contribution in [0, 0.1) is 0 Å². The predicted molar refractivity (Wildman–Crippen MR) is 143 cm³/mol. The summed E-state index contributed by atoms with van der Waals surface area (Å²) in [7, 11) is -0.938. The Kier molecular flexibility index (Phi) is 4.15. The average molecular weight is 440 g/mol. The molecule has 0 aliphatic heterocycles. The zero-order valence-corrected chi connectivity index (χ0v) is 18.9. The van der Waals surface area contributed by atoms with Crippen LogP contribution in [-0.4, -0.2) is 8.68 Å². The van der Waals surface area contributed by atoms with Gasteiger partial charge in [-0.15, -0.1) is 0 Å². The van der Waals surface area contributed by atoms with Crippen LogP contribution in [0.2, 0.25) is 0 Å². The fourth-order valence-electron chi connectivity index (χ4n) is 5.09. The van der Waals surface area contributed by atoms with Crippen molar-refractivity contribution in [3.63, 3.8) is 0 Å². The normalized spacial score (nSPS) is 11.9. The first-order valence-electron chi connectivity index (χ1n) is 11.2. The number of hydrogen-bond donors (Lipinski definition) is 0. The van der Waals surface area contributed by atoms with Crippen LogP contribution in [0.25, 0.3) is 43.6 Å². The quantitative estimate of drug-likeness (QED) is 0.247. The van der Waals surface area contributed by atoms with E-state index < -0.39 is 8.22 Å². The molecule has 0 unspecified atom stereocenters. The number of fused-ring (bicyclic) bond motifs is 6. The molecule has 156 valence electrons. The highest BCUT2D eigenvalue weighted by molar-refractivity contribution is 7.63. The van der Waals surface area contributed by atoms with Gasteiger partial charge in [-0.3, -0.25) is 8.68 Å². The van der Waals surface area contributed by atoms with Crippen molar-refractivity contribution >= 4 is 57.1 Å². The monoisotopic (exact) mass is 440 g/mol. The van der Waals surface area contributed by atoms with Crippen molar-refractivity contribution in [2.45, 2.75) is 0 Å². The van der Waals surface area contributed by atoms with Crippen molar-refractivity contribution in [1.29, 1.82) is 0 Å². The smallest absolute Gasteiger partial charge is 0.138 e. The molecular weight excluding hydrogens is 419 g/mol. The van der Waals surface area contributed by atoms with Gasteiger partial charge in [0.25, 0.3) is 0 Å². The van der Waals surface area contributed by atoms with E-state index >= 15 is 0 Å². The Morgan fingerprint density at radius 2 is 0.636 bits per heavy atom. The number of hydrogen-bond acceptors (Lipinski definition) is 0. The van der Waals surface area contributed by atoms with Gasteiger partial charge in [-0.05, 0) is 24.3 Å². The molecule has 0 bridgehead atoms. The molecule has 2 heterocycles. The van der Waals surface area contributed by atoms with E-state index in [9.17, 15) is 0 Å². The summed E-state index contributed by atoms with van der Waals surface area (Å²) in [6, 6.07) is 46.2. The van der Waals surface area contributed by atoms with Gasteiger partial charge < -0.3 is 0 Å². The summed E-state index contributed by atoms with van der Waals surface area (Å²) >= 11 is 0. The fourth-order valence-corrected chi connectivity index (χ4v) is 7.69. The minimum absolute atomic E-state index is 0.938. The SMILES string of the molecule is c1ccc(P(n2c3ccccc3c3ccccc32)n2c3ccccc3c3ccccc32)cc1. The summed E-state index contributed by atoms with van der Waals surface area (Å²) in [4.78, 5) is 0. The molecule has 0 fully saturated rings. The molecule has 2 aromatic heterocycles. The Morgan fingerprint density at radius 1 is 0.333 bits per heavy atom. The summed E-state index contributed by atoms with van der Waals surface area (Å²) in [5.74, 6) is 0. The zero-order chi connectivity index (χ0) is 21.8. The second-order valence-corrected chi connectivity index (χ2v) is 10.2. The van der Waals surface area contributed by atoms with Crippen molar-refractivity contribution in [2.75, 3.05) is 0 Å². The highest BCUT2D eigenvalue weighted by Gasteiger charge is 2.25. The highest BCUT2D eigenvalue weighted by atomic mass is 31.1. The lowest BCUT2D eigenvalue weighted by molar-refractivity contribution is 1.27. The van der Waals surface area contributed by atoms with Gasteiger partial charge in [-0.1, -0.05) is 103 Å². The van der Waals surface area contributed by atoms with Gasteiger partial charge in [0.1, 0.15) is 8.22 Å². The highest BCUT2D eigenvalue weighted by Crippen LogP contribution is 2.50. The van der Waals surface area contributed by atoms with Crippen LogP contribution >= 0.6 is 8.22 Å². The van der Waals surface area contributed by atoms with Gasteiger partial charge in [0.15, 0.2) is 0 Å². The van der Waals surface area contributed by atoms with E-state index in [1.54, 1.807) is 0 Å². The molecule has 0 aliphatic rings. The second-order valence-electron chi connectivity index (χ2n) is 8.32. The molecule has 7 rings (SSSR count). The summed E-state index contributed by atoms with van der Waals surface area (Å²) in [6.07, 6.45) is 0. The second kappa shape index (κ2) is 7.33. The molecule has 0 saturated heterocycles. The minimum atomic E-state index is -0.938. The lowest BCUT2D eigenvalue weighted by Gasteiger charge is -2.25. The molecule has 0 N–H and O–H groups in total. The average Bonchev–Trinajstić information content (AvgIpc) is 3.39. The van der Waals surface area contributed by atoms with E-state index in [-0.39, 0.29) is 0 Å². The van der Waals surface area contributed by atoms with Crippen molar-refractivity contribution in [3.8, 4) is 0 Å². The Bertz CT molecular complexity index is 1560. The van der Waals surface area contributed by atoms with Crippen LogP contribution in [-0.2, 0) is 0 Å². The molecule has 3 heteroatoms. The van der Waals surface area contributed by atoms with E-state index in [2.05, 4.69) is 136 Å². The van der Waals surface area contributed by atoms with Crippen LogP contribution in [0.4, 0.5) is 0 Å². The van der Waals surface area contributed by atoms with Crippen LogP contribution in [0.3, 0.4) is 0 Å². The summed E-state index contributed by atoms with van der Waals surface area (Å²) < 4.78 is 5.16. The number of para-hydroxylation sites is 4. The maximum Gasteiger partial charge on any atom is 0.138 e. The Morgan fingerprint density at radius 3 is 1.00 bits per heavy atom. The minimum Gasteiger partial charge on any atom is -0.297 e. The third kappa shape index (κ3) is 2.71. The Labute approximate surface area is 193 Å². The van der Waals surface area contributed by atoms with Gasteiger partial charge in [0, 0.05) is 26.8 Å². The van der Waals surface area contributed by atoms with Gasteiger partial charge >= 0.3 is 0 Å². The van der Waals surface area contributed by atoms with Crippen LogP contribution in [0.5, 0.6) is 0 Å². The van der Waals surface area contributed by atoms with E-state index in [1.165, 1.54) is 48.9 Å². The van der Waals surface area contributed by atoms with E-state index in [1.807, 2.05) is 0 Å². The molecule has 7 aromatic rings.